The van der Waals surface area contributed by atoms with Crippen LogP contribution in [-0.4, -0.2) is 87.1 Å². The fourth-order valence-electron chi connectivity index (χ4n) is 6.99. The summed E-state index contributed by atoms with van der Waals surface area (Å²) in [6.45, 7) is 10.5. The Bertz CT molecular complexity index is 1560. The van der Waals surface area contributed by atoms with E-state index in [0.29, 0.717) is 12.8 Å². The third-order valence-electron chi connectivity index (χ3n) is 9.83. The highest BCUT2D eigenvalue weighted by molar-refractivity contribution is 6.38. The van der Waals surface area contributed by atoms with Crippen molar-refractivity contribution in [2.45, 2.75) is 104 Å². The van der Waals surface area contributed by atoms with Crippen molar-refractivity contribution < 1.29 is 33.2 Å². The lowest BCUT2D eigenvalue weighted by atomic mass is 9.92. The first-order valence-electron chi connectivity index (χ1n) is 17.8. The van der Waals surface area contributed by atoms with Crippen molar-refractivity contribution in [3.8, 4) is 0 Å². The minimum Gasteiger partial charge on any atom is -0.344 e. The number of rotatable bonds is 15. The lowest BCUT2D eigenvalue weighted by molar-refractivity contribution is -0.145. The molecule has 1 saturated heterocycles. The van der Waals surface area contributed by atoms with E-state index in [0.717, 1.165) is 5.56 Å². The number of halogens is 1. The number of Topliss-reactive ketones (excluding diaryl/α,β-unsaturated/α-hetero) is 1. The lowest BCUT2D eigenvalue weighted by Crippen LogP contribution is -2.60. The summed E-state index contributed by atoms with van der Waals surface area (Å²) in [5, 5.41) is 10.9. The summed E-state index contributed by atoms with van der Waals surface area (Å²) < 4.78 is 15.2. The van der Waals surface area contributed by atoms with E-state index >= 15 is 4.39 Å². The Labute approximate surface area is 298 Å². The fourth-order valence-corrected chi connectivity index (χ4v) is 6.99. The molecular formula is C37H50FN7O6. The summed E-state index contributed by atoms with van der Waals surface area (Å²) in [5.41, 5.74) is 0.830. The molecule has 4 rings (SSSR count). The zero-order valence-corrected chi connectivity index (χ0v) is 30.1. The molecule has 2 fully saturated rings. The van der Waals surface area contributed by atoms with Gasteiger partial charge >= 0.3 is 0 Å². The Morgan fingerprint density at radius 1 is 0.863 bits per heavy atom. The standard InChI is InChI=1S/C37H50FN7O6/c1-7-11-27(32(46)36(50)41-22(6)23-12-9-8-10-13-23)42-35(49)31-24-14-15-26(38)25(24)19-45(31)37(51)30(21(4)5)44-34(48)29(20(2)3)43-33(47)28-18-39-16-17-40-28/h8-10,12-13,16-18,20-22,24-27,29-31H,7,11,14-15,19H2,1-6H3,(H,41,50)(H,42,49)(H,43,47)(H,44,48)/t22-,24+,25+,26+,27?,29-,30+,31?/m1/s1. The summed E-state index contributed by atoms with van der Waals surface area (Å²) in [7, 11) is 0. The average Bonchev–Trinajstić information content (AvgIpc) is 3.68. The molecule has 2 aromatic rings. The highest BCUT2D eigenvalue weighted by Gasteiger charge is 2.55. The van der Waals surface area contributed by atoms with Crippen LogP contribution in [0.3, 0.4) is 0 Å². The number of carbonyl (C=O) groups excluding carboxylic acids is 6. The van der Waals surface area contributed by atoms with Crippen molar-refractivity contribution in [3.05, 3.63) is 60.2 Å². The van der Waals surface area contributed by atoms with Gasteiger partial charge in [-0.3, -0.25) is 33.8 Å². The van der Waals surface area contributed by atoms with E-state index in [1.54, 1.807) is 34.6 Å². The summed E-state index contributed by atoms with van der Waals surface area (Å²) in [6, 6.07) is 4.27. The third-order valence-corrected chi connectivity index (χ3v) is 9.83. The van der Waals surface area contributed by atoms with Crippen molar-refractivity contribution in [1.29, 1.82) is 0 Å². The molecule has 0 bridgehead atoms. The monoisotopic (exact) mass is 707 g/mol. The molecule has 276 valence electrons. The third kappa shape index (κ3) is 9.33. The smallest absolute Gasteiger partial charge is 0.290 e. The van der Waals surface area contributed by atoms with Gasteiger partial charge in [0, 0.05) is 24.9 Å². The van der Waals surface area contributed by atoms with Gasteiger partial charge in [-0.25, -0.2) is 9.37 Å². The van der Waals surface area contributed by atoms with E-state index in [1.165, 1.54) is 23.5 Å². The molecule has 1 aliphatic carbocycles. The topological polar surface area (TPSA) is 180 Å². The van der Waals surface area contributed by atoms with Crippen LogP contribution in [-0.2, 0) is 24.0 Å². The zero-order chi connectivity index (χ0) is 37.4. The van der Waals surface area contributed by atoms with Gasteiger partial charge in [0.15, 0.2) is 0 Å². The van der Waals surface area contributed by atoms with E-state index in [1.807, 2.05) is 37.3 Å². The number of benzene rings is 1. The Kier molecular flexibility index (Phi) is 13.4. The highest BCUT2D eigenvalue weighted by atomic mass is 19.1. The Balaban J connectivity index is 1.52. The first-order chi connectivity index (χ1) is 24.2. The second-order valence-electron chi connectivity index (χ2n) is 14.2. The van der Waals surface area contributed by atoms with E-state index in [4.69, 9.17) is 0 Å². The molecule has 4 N–H and O–H groups in total. The van der Waals surface area contributed by atoms with Crippen molar-refractivity contribution in [3.63, 3.8) is 0 Å². The van der Waals surface area contributed by atoms with Crippen LogP contribution in [0, 0.1) is 23.7 Å². The van der Waals surface area contributed by atoms with Gasteiger partial charge in [0.2, 0.25) is 23.5 Å². The first-order valence-corrected chi connectivity index (χ1v) is 17.8. The number of alkyl halides is 1. The van der Waals surface area contributed by atoms with Gasteiger partial charge in [0.25, 0.3) is 11.8 Å². The molecular weight excluding hydrogens is 657 g/mol. The van der Waals surface area contributed by atoms with Gasteiger partial charge in [0.05, 0.1) is 18.3 Å². The molecule has 2 heterocycles. The molecule has 14 heteroatoms. The summed E-state index contributed by atoms with van der Waals surface area (Å²) in [5.74, 6) is -6.02. The zero-order valence-electron chi connectivity index (χ0n) is 30.1. The molecule has 2 aliphatic rings. The van der Waals surface area contributed by atoms with Gasteiger partial charge in [-0.2, -0.15) is 0 Å². The van der Waals surface area contributed by atoms with E-state index in [2.05, 4.69) is 31.2 Å². The van der Waals surface area contributed by atoms with Crippen LogP contribution in [0.5, 0.6) is 0 Å². The van der Waals surface area contributed by atoms with Crippen LogP contribution >= 0.6 is 0 Å². The summed E-state index contributed by atoms with van der Waals surface area (Å²) >= 11 is 0. The van der Waals surface area contributed by atoms with Crippen LogP contribution in [0.1, 0.15) is 89.3 Å². The average molecular weight is 708 g/mol. The predicted octanol–water partition coefficient (Wildman–Crippen LogP) is 2.68. The van der Waals surface area contributed by atoms with Crippen LogP contribution in [0.25, 0.3) is 0 Å². The Hall–Kier alpha value is -4.75. The number of hydrogen-bond donors (Lipinski definition) is 4. The van der Waals surface area contributed by atoms with Crippen LogP contribution in [0.2, 0.25) is 0 Å². The van der Waals surface area contributed by atoms with Crippen LogP contribution in [0.15, 0.2) is 48.9 Å². The van der Waals surface area contributed by atoms with Crippen molar-refractivity contribution >= 4 is 35.3 Å². The molecule has 1 aromatic carbocycles. The van der Waals surface area contributed by atoms with E-state index < -0.39 is 89.5 Å². The maximum atomic E-state index is 15.2. The van der Waals surface area contributed by atoms with Gasteiger partial charge in [-0.05, 0) is 49.5 Å². The van der Waals surface area contributed by atoms with Crippen molar-refractivity contribution in [1.82, 2.24) is 36.1 Å². The molecule has 13 nitrogen and oxygen atoms in total. The molecule has 8 atom stereocenters. The molecule has 0 spiro atoms. The van der Waals surface area contributed by atoms with E-state index in [9.17, 15) is 28.8 Å². The minimum atomic E-state index is -1.23. The number of hydrogen-bond acceptors (Lipinski definition) is 8. The maximum absolute atomic E-state index is 15.2. The normalized spacial score (nSPS) is 22.0. The number of nitrogens with zero attached hydrogens (tertiary/aromatic N) is 3. The molecule has 51 heavy (non-hydrogen) atoms. The first kappa shape index (κ1) is 39.0. The van der Waals surface area contributed by atoms with Crippen LogP contribution in [0.4, 0.5) is 4.39 Å². The lowest BCUT2D eigenvalue weighted by Gasteiger charge is -2.34. The molecule has 2 unspecified atom stereocenters. The van der Waals surface area contributed by atoms with Crippen molar-refractivity contribution in [2.75, 3.05) is 6.54 Å². The SMILES string of the molecule is CCCC(NC(=O)C1[C@H]2CC[C@H](F)[C@H]2CN1C(=O)[C@@H](NC(=O)[C@H](NC(=O)c1cnccn1)C(C)C)C(C)C)C(=O)C(=O)N[C@H](C)c1ccccc1. The number of nitrogens with one attached hydrogen (secondary N) is 4. The summed E-state index contributed by atoms with van der Waals surface area (Å²) in [6.07, 6.45) is 4.08. The number of amides is 5. The Morgan fingerprint density at radius 2 is 1.55 bits per heavy atom. The number of likely N-dealkylation sites (tertiary alicyclic amines) is 1. The largest absolute Gasteiger partial charge is 0.344 e. The van der Waals surface area contributed by atoms with Gasteiger partial charge in [-0.15, -0.1) is 0 Å². The summed E-state index contributed by atoms with van der Waals surface area (Å²) in [4.78, 5) is 90.5. The number of carbonyl (C=O) groups is 6. The highest BCUT2D eigenvalue weighted by Crippen LogP contribution is 2.44. The van der Waals surface area contributed by atoms with E-state index in [-0.39, 0.29) is 31.0 Å². The van der Waals surface area contributed by atoms with Crippen molar-refractivity contribution in [2.24, 2.45) is 23.7 Å². The quantitative estimate of drug-likeness (QED) is 0.204. The maximum Gasteiger partial charge on any atom is 0.290 e. The number of ketones is 1. The van der Waals surface area contributed by atoms with Gasteiger partial charge in [-0.1, -0.05) is 71.4 Å². The molecule has 1 aliphatic heterocycles. The minimum absolute atomic E-state index is 0.0220. The fraction of sp³-hybridized carbons (Fsp3) is 0.568. The molecule has 1 aromatic heterocycles. The predicted molar refractivity (Wildman–Crippen MR) is 186 cm³/mol. The molecule has 0 radical (unpaired) electrons. The van der Waals surface area contributed by atoms with Gasteiger partial charge < -0.3 is 26.2 Å². The Morgan fingerprint density at radius 3 is 2.16 bits per heavy atom. The molecule has 1 saturated carbocycles. The molecule has 5 amide bonds. The van der Waals surface area contributed by atoms with Gasteiger partial charge in [0.1, 0.15) is 30.0 Å². The second kappa shape index (κ2) is 17.5. The second-order valence-corrected chi connectivity index (χ2v) is 14.2. The number of aromatic nitrogens is 2. The number of fused-ring (bicyclic) bond motifs is 1. The van der Waals surface area contributed by atoms with Crippen LogP contribution < -0.4 is 21.3 Å².